The lowest BCUT2D eigenvalue weighted by molar-refractivity contribution is 0.386. The highest BCUT2D eigenvalue weighted by Crippen LogP contribution is 2.62. The molecule has 0 N–H and O–H groups in total. The largest absolute Gasteiger partial charge is 0.245 e. The molecule has 2 aliphatic carbocycles. The summed E-state index contributed by atoms with van der Waals surface area (Å²) in [7, 11) is 0. The SMILES string of the molecule is CC#Cc1ccc(C#Cc2nc3c(s2)-c2cc4c(cc2C3(CCCCCCCCCCCC)CCCCCCCCCCCC)-c2sc(C)nc2C4(CCCCCCCCCCCC)CCCCCCCCCCCC)c2nsnc12. The molecule has 81 heavy (non-hydrogen) atoms. The van der Waals surface area contributed by atoms with Crippen molar-refractivity contribution in [1.29, 1.82) is 0 Å². The molecule has 2 aromatic carbocycles. The zero-order chi connectivity index (χ0) is 56.8. The van der Waals surface area contributed by atoms with Crippen molar-refractivity contribution in [3.05, 3.63) is 67.9 Å². The minimum Gasteiger partial charge on any atom is -0.245 e. The highest BCUT2D eigenvalue weighted by Gasteiger charge is 2.50. The van der Waals surface area contributed by atoms with Gasteiger partial charge in [0.15, 0.2) is 5.01 Å². The first kappa shape index (κ1) is 65.2. The van der Waals surface area contributed by atoms with Crippen LogP contribution < -0.4 is 0 Å². The van der Waals surface area contributed by atoms with Gasteiger partial charge in [-0.05, 0) is 92.0 Å². The van der Waals surface area contributed by atoms with Gasteiger partial charge in [0.1, 0.15) is 11.0 Å². The fourth-order valence-corrected chi connectivity index (χ4v) is 16.8. The number of aromatic nitrogens is 4. The first-order chi connectivity index (χ1) is 39.9. The second-order valence-electron chi connectivity index (χ2n) is 25.2. The van der Waals surface area contributed by atoms with Crippen molar-refractivity contribution in [3.63, 3.8) is 0 Å². The summed E-state index contributed by atoms with van der Waals surface area (Å²) in [4.78, 5) is 14.3. The standard InChI is InChI=1S/C74H110N4S3/c1-7-12-16-20-24-28-32-36-40-44-53-73(54-45-41-37-33-29-25-21-17-13-8-2)64-58-63-65(57-62(64)69-71(73)75-59(6)79-69)74(55-46-42-38-34-30-26-22-18-14-9-3,56-47-43-39-35-31-27-23-19-15-10-4)72-70(63)80-66(76-72)52-51-61-50-49-60(48-11-5)67-68(61)78-81-77-67/h49-50,57-58H,7-10,12-47,53-56H2,1-6H3. The van der Waals surface area contributed by atoms with Crippen molar-refractivity contribution < 1.29 is 0 Å². The summed E-state index contributed by atoms with van der Waals surface area (Å²) in [6, 6.07) is 9.71. The Balaban J connectivity index is 1.24. The van der Waals surface area contributed by atoms with Gasteiger partial charge < -0.3 is 0 Å². The minimum absolute atomic E-state index is 0.0438. The van der Waals surface area contributed by atoms with E-state index in [1.165, 1.54) is 319 Å². The number of benzene rings is 2. The Morgan fingerprint density at radius 1 is 0.383 bits per heavy atom. The zero-order valence-corrected chi connectivity index (χ0v) is 54.9. The molecule has 0 saturated heterocycles. The van der Waals surface area contributed by atoms with E-state index in [1.54, 1.807) is 11.1 Å². The molecule has 0 amide bonds. The summed E-state index contributed by atoms with van der Waals surface area (Å²) in [6.07, 6.45) is 59.2. The third kappa shape index (κ3) is 18.6. The van der Waals surface area contributed by atoms with Gasteiger partial charge in [0.25, 0.3) is 0 Å². The van der Waals surface area contributed by atoms with E-state index in [4.69, 9.17) is 14.3 Å². The van der Waals surface area contributed by atoms with Crippen molar-refractivity contribution in [3.8, 4) is 44.6 Å². The minimum atomic E-state index is -0.124. The van der Waals surface area contributed by atoms with Gasteiger partial charge in [-0.2, -0.15) is 8.75 Å². The van der Waals surface area contributed by atoms with Crippen LogP contribution >= 0.6 is 34.4 Å². The normalized spacial score (nSPS) is 13.5. The van der Waals surface area contributed by atoms with Gasteiger partial charge in [0.05, 0.1) is 49.0 Å². The second kappa shape index (κ2) is 36.5. The molecule has 0 unspecified atom stereocenters. The lowest BCUT2D eigenvalue weighted by Gasteiger charge is -2.33. The van der Waals surface area contributed by atoms with E-state index in [-0.39, 0.29) is 10.8 Å². The van der Waals surface area contributed by atoms with E-state index < -0.39 is 0 Å². The summed E-state index contributed by atoms with van der Waals surface area (Å²) in [5, 5.41) is 2.18. The fourth-order valence-electron chi connectivity index (χ4n) is 14.1. The smallest absolute Gasteiger partial charge is 0.168 e. The van der Waals surface area contributed by atoms with Gasteiger partial charge in [-0.3, -0.25) is 0 Å². The Morgan fingerprint density at radius 3 is 1.06 bits per heavy atom. The van der Waals surface area contributed by atoms with Crippen LogP contribution in [0.2, 0.25) is 0 Å². The van der Waals surface area contributed by atoms with Gasteiger partial charge in [0, 0.05) is 10.8 Å². The molecule has 0 bridgehead atoms. The molecule has 0 saturated carbocycles. The first-order valence-electron chi connectivity index (χ1n) is 34.3. The summed E-state index contributed by atoms with van der Waals surface area (Å²) in [5.74, 6) is 13.6. The van der Waals surface area contributed by atoms with E-state index in [9.17, 15) is 0 Å². The topological polar surface area (TPSA) is 51.6 Å². The van der Waals surface area contributed by atoms with E-state index in [0.29, 0.717) is 0 Å². The number of thiazole rings is 2. The van der Waals surface area contributed by atoms with E-state index in [2.05, 4.69) is 86.9 Å². The van der Waals surface area contributed by atoms with Crippen LogP contribution in [0.5, 0.6) is 0 Å². The lowest BCUT2D eigenvalue weighted by atomic mass is 9.70. The molecule has 0 aliphatic heterocycles. The van der Waals surface area contributed by atoms with Crippen molar-refractivity contribution >= 4 is 45.4 Å². The molecule has 0 spiro atoms. The number of unbranched alkanes of at least 4 members (excludes halogenated alkanes) is 36. The predicted octanol–water partition coefficient (Wildman–Crippen LogP) is 24.5. The van der Waals surface area contributed by atoms with Crippen LogP contribution in [-0.4, -0.2) is 18.7 Å². The predicted molar refractivity (Wildman–Crippen MR) is 357 cm³/mol. The maximum atomic E-state index is 5.80. The number of aryl methyl sites for hydroxylation is 1. The number of hydrogen-bond donors (Lipinski definition) is 0. The van der Waals surface area contributed by atoms with Crippen LogP contribution in [0.4, 0.5) is 0 Å². The van der Waals surface area contributed by atoms with Crippen LogP contribution in [0.1, 0.15) is 361 Å². The van der Waals surface area contributed by atoms with Crippen molar-refractivity contribution in [2.45, 2.75) is 335 Å². The molecule has 0 fully saturated rings. The molecule has 0 radical (unpaired) electrons. The van der Waals surface area contributed by atoms with Crippen LogP contribution in [0.25, 0.3) is 31.9 Å². The van der Waals surface area contributed by atoms with Crippen LogP contribution in [0, 0.1) is 30.6 Å². The number of nitrogens with zero attached hydrogens (tertiary/aromatic N) is 4. The monoisotopic (exact) mass is 1150 g/mol. The molecule has 5 aromatic rings. The molecule has 3 aromatic heterocycles. The van der Waals surface area contributed by atoms with Crippen molar-refractivity contribution in [2.24, 2.45) is 0 Å². The number of fused-ring (bicyclic) bond motifs is 7. The summed E-state index contributed by atoms with van der Waals surface area (Å²) in [6.45, 7) is 13.5. The van der Waals surface area contributed by atoms with Crippen LogP contribution in [0.15, 0.2) is 24.3 Å². The maximum absolute atomic E-state index is 5.80. The average Bonchev–Trinajstić information content (AvgIpc) is 1.96. The highest BCUT2D eigenvalue weighted by molar-refractivity contribution is 7.16. The third-order valence-electron chi connectivity index (χ3n) is 18.8. The summed E-state index contributed by atoms with van der Waals surface area (Å²) >= 11 is 5.12. The molecule has 3 heterocycles. The number of rotatable bonds is 44. The fraction of sp³-hybridized carbons (Fsp3) is 0.703. The van der Waals surface area contributed by atoms with Crippen LogP contribution in [0.3, 0.4) is 0 Å². The Morgan fingerprint density at radius 2 is 0.704 bits per heavy atom. The molecular formula is C74H110N4S3. The first-order valence-corrected chi connectivity index (χ1v) is 36.7. The molecule has 0 atom stereocenters. The molecular weight excluding hydrogens is 1040 g/mol. The lowest BCUT2D eigenvalue weighted by Crippen LogP contribution is -2.28. The Bertz CT molecular complexity index is 2660. The van der Waals surface area contributed by atoms with E-state index in [1.807, 2.05) is 29.6 Å². The van der Waals surface area contributed by atoms with Gasteiger partial charge in [-0.1, -0.05) is 296 Å². The average molecular weight is 1150 g/mol. The van der Waals surface area contributed by atoms with Crippen molar-refractivity contribution in [2.75, 3.05) is 0 Å². The molecule has 444 valence electrons. The van der Waals surface area contributed by atoms with Crippen LogP contribution in [-0.2, 0) is 10.8 Å². The van der Waals surface area contributed by atoms with Gasteiger partial charge in [0.2, 0.25) is 0 Å². The Hall–Kier alpha value is -3.36. The highest BCUT2D eigenvalue weighted by atomic mass is 32.1. The quantitative estimate of drug-likeness (QED) is 0.0288. The van der Waals surface area contributed by atoms with Gasteiger partial charge >= 0.3 is 0 Å². The zero-order valence-electron chi connectivity index (χ0n) is 52.4. The molecule has 7 rings (SSSR count). The maximum Gasteiger partial charge on any atom is 0.168 e. The Kier molecular flexibility index (Phi) is 29.4. The summed E-state index contributed by atoms with van der Waals surface area (Å²) in [5.41, 5.74) is 12.3. The van der Waals surface area contributed by atoms with E-state index >= 15 is 0 Å². The molecule has 4 nitrogen and oxygen atoms in total. The van der Waals surface area contributed by atoms with Crippen molar-refractivity contribution in [1.82, 2.24) is 18.7 Å². The Labute approximate surface area is 508 Å². The third-order valence-corrected chi connectivity index (χ3v) is 21.3. The van der Waals surface area contributed by atoms with Gasteiger partial charge in [-0.25, -0.2) is 9.97 Å². The second-order valence-corrected chi connectivity index (χ2v) is 27.9. The summed E-state index contributed by atoms with van der Waals surface area (Å²) < 4.78 is 9.40. The number of hydrogen-bond acceptors (Lipinski definition) is 7. The molecule has 2 aliphatic rings. The van der Waals surface area contributed by atoms with Gasteiger partial charge in [-0.15, -0.1) is 28.6 Å². The van der Waals surface area contributed by atoms with E-state index in [0.717, 1.165) is 40.0 Å². The molecule has 7 heteroatoms.